The number of nitrogens with zero attached hydrogens (tertiary/aromatic N) is 4. The minimum atomic E-state index is 0.0212. The summed E-state index contributed by atoms with van der Waals surface area (Å²) < 4.78 is 7.90. The third-order valence-corrected chi connectivity index (χ3v) is 6.54. The molecule has 5 rings (SSSR count). The summed E-state index contributed by atoms with van der Waals surface area (Å²) in [5, 5.41) is 5.48. The number of furan rings is 1. The molecule has 0 unspecified atom stereocenters. The lowest BCUT2D eigenvalue weighted by molar-refractivity contribution is 0.0754. The predicted octanol–water partition coefficient (Wildman–Crippen LogP) is 4.80. The van der Waals surface area contributed by atoms with Crippen LogP contribution in [0, 0.1) is 13.8 Å². The molecule has 0 spiro atoms. The Bertz CT molecular complexity index is 1270. The number of hydrogen-bond acceptors (Lipinski definition) is 4. The Morgan fingerprint density at radius 1 is 0.939 bits per heavy atom. The van der Waals surface area contributed by atoms with Crippen molar-refractivity contribution in [3.63, 3.8) is 0 Å². The topological polar surface area (TPSA) is 54.5 Å². The number of hydrogen-bond donors (Lipinski definition) is 0. The van der Waals surface area contributed by atoms with Crippen LogP contribution in [0.1, 0.15) is 33.9 Å². The summed E-state index contributed by atoms with van der Waals surface area (Å²) in [5.41, 5.74) is 6.11. The molecule has 1 fully saturated rings. The molecule has 4 aromatic rings. The minimum Gasteiger partial charge on any atom is -0.460 e. The lowest BCUT2D eigenvalue weighted by Crippen LogP contribution is -2.35. The zero-order chi connectivity index (χ0) is 22.9. The van der Waals surface area contributed by atoms with E-state index in [-0.39, 0.29) is 5.91 Å². The fourth-order valence-electron chi connectivity index (χ4n) is 4.48. The fraction of sp³-hybridized carbons (Fsp3) is 0.333. The molecule has 33 heavy (non-hydrogen) atoms. The highest BCUT2D eigenvalue weighted by atomic mass is 16.3. The number of benzene rings is 2. The van der Waals surface area contributed by atoms with E-state index in [1.54, 1.807) is 4.68 Å². The van der Waals surface area contributed by atoms with Crippen LogP contribution in [0.2, 0.25) is 0 Å². The third kappa shape index (κ3) is 4.57. The lowest BCUT2D eigenvalue weighted by Gasteiger charge is -2.20. The van der Waals surface area contributed by atoms with Crippen LogP contribution in [0.5, 0.6) is 0 Å². The highest BCUT2D eigenvalue weighted by molar-refractivity contribution is 5.92. The maximum Gasteiger partial charge on any atom is 0.274 e. The zero-order valence-corrected chi connectivity index (χ0v) is 19.5. The average molecular weight is 443 g/mol. The van der Waals surface area contributed by atoms with E-state index in [2.05, 4.69) is 65.5 Å². The molecule has 0 radical (unpaired) electrons. The number of carbonyl (C=O) groups is 1. The minimum absolute atomic E-state index is 0.0212. The molecule has 0 saturated carbocycles. The summed E-state index contributed by atoms with van der Waals surface area (Å²) in [6.07, 6.45) is 0.940. The van der Waals surface area contributed by atoms with Crippen molar-refractivity contribution in [2.75, 3.05) is 26.2 Å². The summed E-state index contributed by atoms with van der Waals surface area (Å²) in [6, 6.07) is 19.0. The van der Waals surface area contributed by atoms with E-state index < -0.39 is 0 Å². The molecule has 1 aliphatic heterocycles. The molecule has 0 N–H and O–H groups in total. The molecule has 0 bridgehead atoms. The van der Waals surface area contributed by atoms with Crippen molar-refractivity contribution in [2.45, 2.75) is 26.8 Å². The molecule has 1 amide bonds. The lowest BCUT2D eigenvalue weighted by atomic mass is 10.0. The number of aromatic nitrogens is 2. The van der Waals surface area contributed by atoms with Gasteiger partial charge in [0.05, 0.1) is 6.54 Å². The number of amides is 1. The Hall–Kier alpha value is -3.38. The number of fused-ring (bicyclic) bond motifs is 1. The maximum atomic E-state index is 12.9. The van der Waals surface area contributed by atoms with Crippen molar-refractivity contribution in [1.82, 2.24) is 19.6 Å². The van der Waals surface area contributed by atoms with Crippen molar-refractivity contribution in [3.8, 4) is 11.1 Å². The molecule has 6 nitrogen and oxygen atoms in total. The van der Waals surface area contributed by atoms with Crippen LogP contribution in [-0.4, -0.2) is 51.7 Å². The summed E-state index contributed by atoms with van der Waals surface area (Å²) >= 11 is 0. The van der Waals surface area contributed by atoms with Gasteiger partial charge in [0.25, 0.3) is 5.91 Å². The molecule has 1 aliphatic rings. The van der Waals surface area contributed by atoms with Gasteiger partial charge in [-0.2, -0.15) is 5.10 Å². The summed E-state index contributed by atoms with van der Waals surface area (Å²) in [7, 11) is 1.87. The first kappa shape index (κ1) is 21.5. The van der Waals surface area contributed by atoms with Crippen LogP contribution in [0.15, 0.2) is 59.0 Å². The van der Waals surface area contributed by atoms with Crippen LogP contribution >= 0.6 is 0 Å². The normalized spacial score (nSPS) is 15.2. The van der Waals surface area contributed by atoms with Crippen molar-refractivity contribution >= 4 is 16.9 Å². The smallest absolute Gasteiger partial charge is 0.274 e. The molecular weight excluding hydrogens is 412 g/mol. The van der Waals surface area contributed by atoms with E-state index in [4.69, 9.17) is 4.42 Å². The summed E-state index contributed by atoms with van der Waals surface area (Å²) in [4.78, 5) is 17.2. The maximum absolute atomic E-state index is 12.9. The van der Waals surface area contributed by atoms with E-state index in [0.29, 0.717) is 12.2 Å². The predicted molar refractivity (Wildman–Crippen MR) is 130 cm³/mol. The average Bonchev–Trinajstić information content (AvgIpc) is 3.27. The molecule has 2 aromatic carbocycles. The first-order valence-corrected chi connectivity index (χ1v) is 11.6. The molecule has 170 valence electrons. The van der Waals surface area contributed by atoms with Gasteiger partial charge in [0.1, 0.15) is 11.3 Å². The van der Waals surface area contributed by atoms with Gasteiger partial charge in [0, 0.05) is 44.3 Å². The highest BCUT2D eigenvalue weighted by Crippen LogP contribution is 2.27. The summed E-state index contributed by atoms with van der Waals surface area (Å²) in [6.45, 7) is 8.04. The van der Waals surface area contributed by atoms with E-state index in [9.17, 15) is 4.79 Å². The van der Waals surface area contributed by atoms with Gasteiger partial charge in [0.15, 0.2) is 5.69 Å². The Morgan fingerprint density at radius 3 is 2.48 bits per heavy atom. The molecule has 3 heterocycles. The van der Waals surface area contributed by atoms with E-state index in [1.165, 1.54) is 16.7 Å². The molecule has 1 saturated heterocycles. The van der Waals surface area contributed by atoms with Gasteiger partial charge >= 0.3 is 0 Å². The Kier molecular flexibility index (Phi) is 5.77. The summed E-state index contributed by atoms with van der Waals surface area (Å²) in [5.74, 6) is 0.985. The number of rotatable bonds is 4. The monoisotopic (exact) mass is 442 g/mol. The van der Waals surface area contributed by atoms with Crippen molar-refractivity contribution in [3.05, 3.63) is 77.3 Å². The van der Waals surface area contributed by atoms with Crippen LogP contribution in [0.4, 0.5) is 0 Å². The van der Waals surface area contributed by atoms with E-state index in [0.717, 1.165) is 55.0 Å². The first-order chi connectivity index (χ1) is 16.0. The molecule has 0 aliphatic carbocycles. The second-order valence-electron chi connectivity index (χ2n) is 9.05. The Morgan fingerprint density at radius 2 is 1.73 bits per heavy atom. The first-order valence-electron chi connectivity index (χ1n) is 11.6. The van der Waals surface area contributed by atoms with Crippen LogP contribution in [-0.2, 0) is 13.6 Å². The third-order valence-electron chi connectivity index (χ3n) is 6.54. The molecule has 0 atom stereocenters. The van der Waals surface area contributed by atoms with Crippen LogP contribution < -0.4 is 0 Å². The number of carbonyl (C=O) groups excluding carboxylic acids is 1. The van der Waals surface area contributed by atoms with Crippen molar-refractivity contribution in [1.29, 1.82) is 0 Å². The fourth-order valence-corrected chi connectivity index (χ4v) is 4.48. The van der Waals surface area contributed by atoms with Crippen molar-refractivity contribution in [2.24, 2.45) is 7.05 Å². The Balaban J connectivity index is 1.26. The number of aryl methyl sites for hydroxylation is 3. The second-order valence-corrected chi connectivity index (χ2v) is 9.05. The second kappa shape index (κ2) is 8.87. The van der Waals surface area contributed by atoms with Gasteiger partial charge in [-0.05, 0) is 55.7 Å². The van der Waals surface area contributed by atoms with Crippen LogP contribution in [0.25, 0.3) is 22.1 Å². The SMILES string of the molecule is Cc1ccc(-c2ccc3oc(CN4CCCN(C(=O)c5cc(C)n(C)n5)CC4)cc3c2)cc1. The van der Waals surface area contributed by atoms with Gasteiger partial charge in [-0.3, -0.25) is 14.4 Å². The van der Waals surface area contributed by atoms with Gasteiger partial charge < -0.3 is 9.32 Å². The quantitative estimate of drug-likeness (QED) is 0.456. The largest absolute Gasteiger partial charge is 0.460 e. The molecule has 6 heteroatoms. The van der Waals surface area contributed by atoms with E-state index >= 15 is 0 Å². The highest BCUT2D eigenvalue weighted by Gasteiger charge is 2.23. The van der Waals surface area contributed by atoms with Crippen LogP contribution in [0.3, 0.4) is 0 Å². The Labute approximate surface area is 194 Å². The molecule has 2 aromatic heterocycles. The van der Waals surface area contributed by atoms with Gasteiger partial charge in [0.2, 0.25) is 0 Å². The van der Waals surface area contributed by atoms with Gasteiger partial charge in [-0.15, -0.1) is 0 Å². The molecular formula is C27H30N4O2. The zero-order valence-electron chi connectivity index (χ0n) is 19.5. The van der Waals surface area contributed by atoms with Gasteiger partial charge in [-0.1, -0.05) is 35.9 Å². The van der Waals surface area contributed by atoms with Gasteiger partial charge in [-0.25, -0.2) is 0 Å². The van der Waals surface area contributed by atoms with Crippen molar-refractivity contribution < 1.29 is 9.21 Å². The van der Waals surface area contributed by atoms with E-state index in [1.807, 2.05) is 24.9 Å². The standard InChI is InChI=1S/C27H30N4O2/c1-19-5-7-21(8-6-19)22-9-10-26-23(16-22)17-24(33-26)18-30-11-4-12-31(14-13-30)27(32)25-15-20(2)29(3)28-25/h5-10,15-17H,4,11-14,18H2,1-3H3.